The molecule has 0 aromatic heterocycles. The molecule has 20 heavy (non-hydrogen) atoms. The maximum atomic E-state index is 11.9. The van der Waals surface area contributed by atoms with E-state index < -0.39 is 30.0 Å². The Bertz CT molecular complexity index is 448. The number of ether oxygens (including phenoxy) is 2. The van der Waals surface area contributed by atoms with Gasteiger partial charge in [-0.25, -0.2) is 4.79 Å². The van der Waals surface area contributed by atoms with E-state index in [1.807, 2.05) is 0 Å². The molecule has 0 saturated carbocycles. The number of hydrogen-bond donors (Lipinski definition) is 2. The van der Waals surface area contributed by atoms with Crippen LogP contribution in [0.2, 0.25) is 0 Å². The summed E-state index contributed by atoms with van der Waals surface area (Å²) in [7, 11) is 1.13. The van der Waals surface area contributed by atoms with Gasteiger partial charge in [-0.2, -0.15) is 0 Å². The highest BCUT2D eigenvalue weighted by atomic mass is 16.5. The number of carbonyl (C=O) groups is 2. The van der Waals surface area contributed by atoms with Crippen LogP contribution in [0.4, 0.5) is 0 Å². The quantitative estimate of drug-likeness (QED) is 0.732. The van der Waals surface area contributed by atoms with Crippen LogP contribution in [0.5, 0.6) is 0 Å². The van der Waals surface area contributed by atoms with Crippen LogP contribution in [0.25, 0.3) is 0 Å². The molecule has 3 N–H and O–H groups in total. The average Bonchev–Trinajstić information content (AvgIpc) is 2.47. The molecule has 0 radical (unpaired) electrons. The summed E-state index contributed by atoms with van der Waals surface area (Å²) in [5.41, 5.74) is 6.61. The lowest BCUT2D eigenvalue weighted by molar-refractivity contribution is -0.165. The minimum absolute atomic E-state index is 0.130. The third-order valence-corrected chi connectivity index (χ3v) is 2.91. The molecule has 1 unspecified atom stereocenters. The third-order valence-electron chi connectivity index (χ3n) is 2.91. The van der Waals surface area contributed by atoms with Crippen molar-refractivity contribution < 1.29 is 24.2 Å². The summed E-state index contributed by atoms with van der Waals surface area (Å²) >= 11 is 0. The number of benzene rings is 1. The molecule has 0 fully saturated rings. The Labute approximate surface area is 117 Å². The normalized spacial score (nSPS) is 15.0. The lowest BCUT2D eigenvalue weighted by Gasteiger charge is -2.25. The van der Waals surface area contributed by atoms with Crippen LogP contribution in [-0.2, 0) is 19.1 Å². The van der Waals surface area contributed by atoms with Crippen molar-refractivity contribution in [2.45, 2.75) is 19.1 Å². The van der Waals surface area contributed by atoms with Gasteiger partial charge in [-0.3, -0.25) is 4.79 Å². The van der Waals surface area contributed by atoms with E-state index in [4.69, 9.17) is 10.5 Å². The number of nitrogens with two attached hydrogens (primary N) is 1. The minimum Gasteiger partial charge on any atom is -0.467 e. The van der Waals surface area contributed by atoms with E-state index in [9.17, 15) is 14.7 Å². The zero-order valence-electron chi connectivity index (χ0n) is 11.5. The molecule has 0 spiro atoms. The SMILES string of the molecule is CCOC(=O)[C@@H](C(N)c1ccccc1)[C@@H](O)C(=O)OC. The predicted octanol–water partition coefficient (Wildman–Crippen LogP) is 0.400. The second-order valence-electron chi connectivity index (χ2n) is 4.18. The van der Waals surface area contributed by atoms with Gasteiger partial charge in [0.15, 0.2) is 6.10 Å². The summed E-state index contributed by atoms with van der Waals surface area (Å²) in [6, 6.07) is 7.85. The molecule has 3 atom stereocenters. The average molecular weight is 281 g/mol. The third kappa shape index (κ3) is 3.79. The van der Waals surface area contributed by atoms with Crippen molar-refractivity contribution in [2.75, 3.05) is 13.7 Å². The number of rotatable bonds is 6. The monoisotopic (exact) mass is 281 g/mol. The lowest BCUT2D eigenvalue weighted by Crippen LogP contribution is -2.43. The van der Waals surface area contributed by atoms with Gasteiger partial charge in [0.05, 0.1) is 13.7 Å². The van der Waals surface area contributed by atoms with E-state index in [2.05, 4.69) is 4.74 Å². The highest BCUT2D eigenvalue weighted by molar-refractivity contribution is 5.84. The predicted molar refractivity (Wildman–Crippen MR) is 71.5 cm³/mol. The van der Waals surface area contributed by atoms with Crippen LogP contribution in [0.1, 0.15) is 18.5 Å². The smallest absolute Gasteiger partial charge is 0.335 e. The molecule has 0 bridgehead atoms. The number of methoxy groups -OCH3 is 1. The van der Waals surface area contributed by atoms with E-state index in [0.717, 1.165) is 7.11 Å². The number of hydrogen-bond acceptors (Lipinski definition) is 6. The molecule has 0 aliphatic heterocycles. The van der Waals surface area contributed by atoms with Crippen molar-refractivity contribution in [3.63, 3.8) is 0 Å². The molecule has 6 heteroatoms. The first-order chi connectivity index (χ1) is 9.52. The number of carbonyl (C=O) groups excluding carboxylic acids is 2. The molecule has 0 aliphatic rings. The summed E-state index contributed by atoms with van der Waals surface area (Å²) in [5.74, 6) is -2.87. The van der Waals surface area contributed by atoms with Gasteiger partial charge in [0, 0.05) is 6.04 Å². The first kappa shape index (κ1) is 16.1. The maximum absolute atomic E-state index is 11.9. The summed E-state index contributed by atoms with van der Waals surface area (Å²) in [6.45, 7) is 1.76. The number of esters is 2. The summed E-state index contributed by atoms with van der Waals surface area (Å²) in [4.78, 5) is 23.4. The van der Waals surface area contributed by atoms with Gasteiger partial charge in [-0.15, -0.1) is 0 Å². The van der Waals surface area contributed by atoms with Crippen molar-refractivity contribution in [1.29, 1.82) is 0 Å². The number of aliphatic hydroxyl groups excluding tert-OH is 1. The Morgan fingerprint density at radius 2 is 1.85 bits per heavy atom. The first-order valence-corrected chi connectivity index (χ1v) is 6.26. The largest absolute Gasteiger partial charge is 0.467 e. The van der Waals surface area contributed by atoms with Gasteiger partial charge >= 0.3 is 11.9 Å². The van der Waals surface area contributed by atoms with Crippen molar-refractivity contribution in [1.82, 2.24) is 0 Å². The zero-order chi connectivity index (χ0) is 15.1. The lowest BCUT2D eigenvalue weighted by atomic mass is 9.89. The van der Waals surface area contributed by atoms with Crippen LogP contribution in [-0.4, -0.2) is 36.9 Å². The summed E-state index contributed by atoms with van der Waals surface area (Å²) < 4.78 is 9.33. The second kappa shape index (κ2) is 7.62. The highest BCUT2D eigenvalue weighted by Gasteiger charge is 2.39. The van der Waals surface area contributed by atoms with Crippen LogP contribution in [0.3, 0.4) is 0 Å². The molecule has 0 aliphatic carbocycles. The molecule has 0 heterocycles. The van der Waals surface area contributed by atoms with Crippen LogP contribution in [0.15, 0.2) is 30.3 Å². The van der Waals surface area contributed by atoms with Crippen LogP contribution in [0, 0.1) is 5.92 Å². The van der Waals surface area contributed by atoms with E-state index in [1.165, 1.54) is 0 Å². The van der Waals surface area contributed by atoms with E-state index in [-0.39, 0.29) is 6.61 Å². The standard InChI is InChI=1S/C14H19NO5/c1-3-20-13(17)10(12(16)14(18)19-2)11(15)9-7-5-4-6-8-9/h4-8,10-12,16H,3,15H2,1-2H3/t10-,11?,12+/m0/s1. The molecule has 0 amide bonds. The van der Waals surface area contributed by atoms with Crippen molar-refractivity contribution in [3.05, 3.63) is 35.9 Å². The second-order valence-corrected chi connectivity index (χ2v) is 4.18. The van der Waals surface area contributed by atoms with Gasteiger partial charge in [0.2, 0.25) is 0 Å². The van der Waals surface area contributed by atoms with Crippen LogP contribution >= 0.6 is 0 Å². The fraction of sp³-hybridized carbons (Fsp3) is 0.429. The molecule has 0 saturated heterocycles. The van der Waals surface area contributed by atoms with E-state index in [1.54, 1.807) is 37.3 Å². The number of aliphatic hydroxyl groups is 1. The minimum atomic E-state index is -1.67. The zero-order valence-corrected chi connectivity index (χ0v) is 11.5. The van der Waals surface area contributed by atoms with E-state index in [0.29, 0.717) is 5.56 Å². The Balaban J connectivity index is 3.04. The van der Waals surface area contributed by atoms with Crippen LogP contribution < -0.4 is 5.73 Å². The summed E-state index contributed by atoms with van der Waals surface area (Å²) in [5, 5.41) is 9.95. The van der Waals surface area contributed by atoms with Crippen molar-refractivity contribution >= 4 is 11.9 Å². The van der Waals surface area contributed by atoms with Gasteiger partial charge in [0.25, 0.3) is 0 Å². The van der Waals surface area contributed by atoms with Crippen molar-refractivity contribution in [3.8, 4) is 0 Å². The van der Waals surface area contributed by atoms with Gasteiger partial charge in [-0.1, -0.05) is 30.3 Å². The van der Waals surface area contributed by atoms with Gasteiger partial charge in [-0.05, 0) is 12.5 Å². The molecular weight excluding hydrogens is 262 g/mol. The Kier molecular flexibility index (Phi) is 6.14. The molecule has 1 rings (SSSR count). The molecule has 110 valence electrons. The fourth-order valence-corrected chi connectivity index (χ4v) is 1.86. The van der Waals surface area contributed by atoms with Gasteiger partial charge in [0.1, 0.15) is 5.92 Å². The Morgan fingerprint density at radius 1 is 1.25 bits per heavy atom. The summed E-state index contributed by atoms with van der Waals surface area (Å²) in [6.07, 6.45) is -1.67. The molecule has 6 nitrogen and oxygen atoms in total. The first-order valence-electron chi connectivity index (χ1n) is 6.26. The Hall–Kier alpha value is -1.92. The fourth-order valence-electron chi connectivity index (χ4n) is 1.86. The highest BCUT2D eigenvalue weighted by Crippen LogP contribution is 2.24. The topological polar surface area (TPSA) is 98.9 Å². The molecule has 1 aromatic rings. The van der Waals surface area contributed by atoms with E-state index >= 15 is 0 Å². The van der Waals surface area contributed by atoms with Gasteiger partial charge < -0.3 is 20.3 Å². The molecule has 1 aromatic carbocycles. The molecular formula is C14H19NO5. The maximum Gasteiger partial charge on any atom is 0.335 e. The van der Waals surface area contributed by atoms with Crippen molar-refractivity contribution in [2.24, 2.45) is 11.7 Å². The Morgan fingerprint density at radius 3 is 2.35 bits per heavy atom.